The lowest BCUT2D eigenvalue weighted by Crippen LogP contribution is -2.09. The number of nitrogens with one attached hydrogen (secondary N) is 1. The number of methoxy groups -OCH3 is 1. The summed E-state index contributed by atoms with van der Waals surface area (Å²) in [6, 6.07) is 8.13. The first kappa shape index (κ1) is 14.8. The molecule has 0 saturated carbocycles. The summed E-state index contributed by atoms with van der Waals surface area (Å²) < 4.78 is 5.45. The first-order chi connectivity index (χ1) is 10.6. The second-order valence-corrected chi connectivity index (χ2v) is 6.50. The van der Waals surface area contributed by atoms with Crippen molar-refractivity contribution in [3.05, 3.63) is 46.6 Å². The van der Waals surface area contributed by atoms with Gasteiger partial charge in [-0.15, -0.1) is 11.3 Å². The van der Waals surface area contributed by atoms with E-state index in [1.165, 1.54) is 10.4 Å². The van der Waals surface area contributed by atoms with Crippen LogP contribution in [0, 0.1) is 13.8 Å². The Balaban J connectivity index is 1.99. The summed E-state index contributed by atoms with van der Waals surface area (Å²) >= 11 is 1.71. The van der Waals surface area contributed by atoms with E-state index in [-0.39, 0.29) is 6.04 Å². The van der Waals surface area contributed by atoms with E-state index in [2.05, 4.69) is 42.1 Å². The van der Waals surface area contributed by atoms with E-state index in [1.54, 1.807) is 24.8 Å². The maximum Gasteiger partial charge on any atom is 0.138 e. The quantitative estimate of drug-likeness (QED) is 0.771. The smallest absolute Gasteiger partial charge is 0.138 e. The number of aryl methyl sites for hydroxylation is 2. The Bertz CT molecular complexity index is 813. The second-order valence-electron chi connectivity index (χ2n) is 5.29. The molecule has 4 nitrogen and oxygen atoms in total. The first-order valence-corrected chi connectivity index (χ1v) is 8.03. The van der Waals surface area contributed by atoms with E-state index in [0.29, 0.717) is 0 Å². The maximum atomic E-state index is 5.45. The molecule has 2 heterocycles. The van der Waals surface area contributed by atoms with Crippen molar-refractivity contribution in [2.45, 2.75) is 26.8 Å². The number of fused-ring (bicyclic) bond motifs is 1. The van der Waals surface area contributed by atoms with Crippen LogP contribution in [0.3, 0.4) is 0 Å². The van der Waals surface area contributed by atoms with Crippen LogP contribution in [0.1, 0.15) is 29.0 Å². The Morgan fingerprint density at radius 2 is 1.95 bits per heavy atom. The average Bonchev–Trinajstić information content (AvgIpc) is 2.83. The minimum absolute atomic E-state index is 0.0915. The molecule has 0 bridgehead atoms. The van der Waals surface area contributed by atoms with Gasteiger partial charge in [0.25, 0.3) is 0 Å². The number of hydrogen-bond acceptors (Lipinski definition) is 5. The monoisotopic (exact) mass is 313 g/mol. The van der Waals surface area contributed by atoms with Crippen molar-refractivity contribution in [3.63, 3.8) is 0 Å². The Morgan fingerprint density at radius 1 is 1.18 bits per heavy atom. The molecule has 0 unspecified atom stereocenters. The molecule has 2 aromatic heterocycles. The molecule has 5 heteroatoms. The van der Waals surface area contributed by atoms with Crippen molar-refractivity contribution in [3.8, 4) is 5.75 Å². The zero-order valence-electron chi connectivity index (χ0n) is 13.2. The molecule has 3 rings (SSSR count). The molecule has 3 aromatic rings. The second kappa shape index (κ2) is 5.93. The van der Waals surface area contributed by atoms with Crippen molar-refractivity contribution in [2.24, 2.45) is 0 Å². The zero-order valence-corrected chi connectivity index (χ0v) is 14.0. The standard InChI is InChI=1S/C17H19N3OS/c1-10-12(3)22-17-15(10)16(18-9-19-17)20-11(2)13-7-5-6-8-14(13)21-4/h5-9,11H,1-4H3,(H,18,19,20)/t11-/m1/s1. The third kappa shape index (κ3) is 2.52. The van der Waals surface area contributed by atoms with Gasteiger partial charge in [-0.25, -0.2) is 9.97 Å². The summed E-state index contributed by atoms with van der Waals surface area (Å²) in [5.41, 5.74) is 2.36. The van der Waals surface area contributed by atoms with Crippen LogP contribution >= 0.6 is 11.3 Å². The van der Waals surface area contributed by atoms with Gasteiger partial charge >= 0.3 is 0 Å². The van der Waals surface area contributed by atoms with Gasteiger partial charge in [-0.05, 0) is 32.4 Å². The molecule has 0 amide bonds. The third-order valence-corrected chi connectivity index (χ3v) is 5.04. The third-order valence-electron chi connectivity index (χ3n) is 3.92. The van der Waals surface area contributed by atoms with Crippen molar-refractivity contribution < 1.29 is 4.74 Å². The Labute approximate surface area is 134 Å². The highest BCUT2D eigenvalue weighted by atomic mass is 32.1. The summed E-state index contributed by atoms with van der Waals surface area (Å²) in [7, 11) is 1.70. The number of benzene rings is 1. The lowest BCUT2D eigenvalue weighted by atomic mass is 10.1. The highest BCUT2D eigenvalue weighted by Gasteiger charge is 2.16. The van der Waals surface area contributed by atoms with Gasteiger partial charge in [-0.2, -0.15) is 0 Å². The van der Waals surface area contributed by atoms with E-state index >= 15 is 0 Å². The molecule has 1 N–H and O–H groups in total. The normalized spacial score (nSPS) is 12.4. The van der Waals surface area contributed by atoms with E-state index in [1.807, 2.05) is 18.2 Å². The van der Waals surface area contributed by atoms with Crippen molar-refractivity contribution >= 4 is 27.4 Å². The van der Waals surface area contributed by atoms with Gasteiger partial charge in [0.05, 0.1) is 18.5 Å². The predicted octanol–water partition coefficient (Wildman–Crippen LogP) is 4.49. The minimum atomic E-state index is 0.0915. The number of para-hydroxylation sites is 1. The molecule has 1 aromatic carbocycles. The number of nitrogens with zero attached hydrogens (tertiary/aromatic N) is 2. The molecule has 1 atom stereocenters. The van der Waals surface area contributed by atoms with E-state index in [0.717, 1.165) is 27.3 Å². The maximum absolute atomic E-state index is 5.45. The molecule has 0 saturated heterocycles. The number of anilines is 1. The molecular weight excluding hydrogens is 294 g/mol. The highest BCUT2D eigenvalue weighted by molar-refractivity contribution is 7.18. The summed E-state index contributed by atoms with van der Waals surface area (Å²) in [5.74, 6) is 1.76. The SMILES string of the molecule is COc1ccccc1[C@@H](C)Nc1ncnc2sc(C)c(C)c12. The van der Waals surface area contributed by atoms with Gasteiger partial charge in [0.1, 0.15) is 22.7 Å². The highest BCUT2D eigenvalue weighted by Crippen LogP contribution is 2.35. The molecule has 0 fully saturated rings. The van der Waals surface area contributed by atoms with E-state index in [4.69, 9.17) is 4.74 Å². The molecular formula is C17H19N3OS. The van der Waals surface area contributed by atoms with Gasteiger partial charge < -0.3 is 10.1 Å². The Hall–Kier alpha value is -2.14. The van der Waals surface area contributed by atoms with Gasteiger partial charge in [-0.3, -0.25) is 0 Å². The van der Waals surface area contributed by atoms with Gasteiger partial charge in [-0.1, -0.05) is 18.2 Å². The van der Waals surface area contributed by atoms with Crippen LogP contribution in [0.15, 0.2) is 30.6 Å². The van der Waals surface area contributed by atoms with Gasteiger partial charge in [0.15, 0.2) is 0 Å². The van der Waals surface area contributed by atoms with Crippen LogP contribution in [-0.2, 0) is 0 Å². The molecule has 0 radical (unpaired) electrons. The van der Waals surface area contributed by atoms with Crippen LogP contribution in [0.2, 0.25) is 0 Å². The number of aromatic nitrogens is 2. The van der Waals surface area contributed by atoms with Crippen LogP contribution < -0.4 is 10.1 Å². The lowest BCUT2D eigenvalue weighted by molar-refractivity contribution is 0.408. The van der Waals surface area contributed by atoms with Crippen LogP contribution in [0.25, 0.3) is 10.2 Å². The molecule has 114 valence electrons. The van der Waals surface area contributed by atoms with Crippen molar-refractivity contribution in [1.82, 2.24) is 9.97 Å². The first-order valence-electron chi connectivity index (χ1n) is 7.22. The summed E-state index contributed by atoms with van der Waals surface area (Å²) in [4.78, 5) is 11.1. The largest absolute Gasteiger partial charge is 0.496 e. The Morgan fingerprint density at radius 3 is 2.73 bits per heavy atom. The average molecular weight is 313 g/mol. The molecule has 0 aliphatic rings. The fraction of sp³-hybridized carbons (Fsp3) is 0.294. The number of ether oxygens (including phenoxy) is 1. The fourth-order valence-electron chi connectivity index (χ4n) is 2.60. The number of rotatable bonds is 4. The van der Waals surface area contributed by atoms with E-state index < -0.39 is 0 Å². The van der Waals surface area contributed by atoms with Crippen LogP contribution in [-0.4, -0.2) is 17.1 Å². The summed E-state index contributed by atoms with van der Waals surface area (Å²) in [6.45, 7) is 6.35. The summed E-state index contributed by atoms with van der Waals surface area (Å²) in [6.07, 6.45) is 1.62. The van der Waals surface area contributed by atoms with E-state index in [9.17, 15) is 0 Å². The minimum Gasteiger partial charge on any atom is -0.496 e. The van der Waals surface area contributed by atoms with Gasteiger partial charge in [0, 0.05) is 10.4 Å². The van der Waals surface area contributed by atoms with Crippen molar-refractivity contribution in [1.29, 1.82) is 0 Å². The predicted molar refractivity (Wildman–Crippen MR) is 91.9 cm³/mol. The molecule has 22 heavy (non-hydrogen) atoms. The number of thiophene rings is 1. The van der Waals surface area contributed by atoms with Crippen molar-refractivity contribution in [2.75, 3.05) is 12.4 Å². The zero-order chi connectivity index (χ0) is 15.7. The fourth-order valence-corrected chi connectivity index (χ4v) is 3.60. The van der Waals surface area contributed by atoms with Gasteiger partial charge in [0.2, 0.25) is 0 Å². The Kier molecular flexibility index (Phi) is 3.98. The topological polar surface area (TPSA) is 47.0 Å². The van der Waals surface area contributed by atoms with Crippen LogP contribution in [0.5, 0.6) is 5.75 Å². The number of hydrogen-bond donors (Lipinski definition) is 1. The molecule has 0 aliphatic heterocycles. The lowest BCUT2D eigenvalue weighted by Gasteiger charge is -2.18. The van der Waals surface area contributed by atoms with Crippen LogP contribution in [0.4, 0.5) is 5.82 Å². The molecule has 0 aliphatic carbocycles. The summed E-state index contributed by atoms with van der Waals surface area (Å²) in [5, 5.41) is 4.62. The molecule has 0 spiro atoms.